The number of nitrogens with zero attached hydrogens (tertiary/aromatic N) is 1. The Bertz CT molecular complexity index is 672. The molecule has 1 aromatic carbocycles. The van der Waals surface area contributed by atoms with Crippen LogP contribution in [0, 0.1) is 23.7 Å². The van der Waals surface area contributed by atoms with Crippen molar-refractivity contribution in [1.82, 2.24) is 0 Å². The number of aliphatic carboxylic acids is 1. The molecule has 1 saturated carbocycles. The Labute approximate surface area is 111 Å². The van der Waals surface area contributed by atoms with Gasteiger partial charge in [0.05, 0.1) is 6.07 Å². The summed E-state index contributed by atoms with van der Waals surface area (Å²) in [5.74, 6) is -2.18. The number of benzene rings is 1. The molecule has 1 aliphatic carbocycles. The Kier molecular flexibility index (Phi) is 2.90. The smallest absolute Gasteiger partial charge is 0.326 e. The van der Waals surface area contributed by atoms with Crippen molar-refractivity contribution in [3.63, 3.8) is 0 Å². The molecule has 3 atom stereocenters. The second-order valence-corrected chi connectivity index (χ2v) is 7.09. The predicted octanol–water partition coefficient (Wildman–Crippen LogP) is 1.10. The molecule has 0 aliphatic heterocycles. The Morgan fingerprint density at radius 2 is 1.89 bits per heavy atom. The molecule has 0 radical (unpaired) electrons. The predicted molar refractivity (Wildman–Crippen MR) is 68.2 cm³/mol. The van der Waals surface area contributed by atoms with E-state index in [1.165, 1.54) is 0 Å². The zero-order valence-corrected chi connectivity index (χ0v) is 11.3. The highest BCUT2D eigenvalue weighted by Crippen LogP contribution is 2.62. The van der Waals surface area contributed by atoms with Crippen LogP contribution >= 0.6 is 0 Å². The molecule has 2 rings (SSSR count). The van der Waals surface area contributed by atoms with Crippen LogP contribution in [-0.2, 0) is 14.6 Å². The minimum absolute atomic E-state index is 0.574. The van der Waals surface area contributed by atoms with Crippen LogP contribution in [0.25, 0.3) is 0 Å². The van der Waals surface area contributed by atoms with E-state index < -0.39 is 32.4 Å². The summed E-state index contributed by atoms with van der Waals surface area (Å²) in [5, 5.41) is 17.2. The Balaban J connectivity index is 2.54. The van der Waals surface area contributed by atoms with E-state index in [2.05, 4.69) is 0 Å². The molecule has 5 nitrogen and oxygen atoms in total. The van der Waals surface area contributed by atoms with Crippen molar-refractivity contribution in [1.29, 1.82) is 5.26 Å². The van der Waals surface area contributed by atoms with Gasteiger partial charge in [-0.05, 0) is 12.5 Å². The van der Waals surface area contributed by atoms with Crippen LogP contribution < -0.4 is 0 Å². The third-order valence-electron chi connectivity index (χ3n) is 3.57. The highest BCUT2D eigenvalue weighted by molar-refractivity contribution is 7.91. The Morgan fingerprint density at radius 3 is 2.21 bits per heavy atom. The molecule has 0 spiro atoms. The van der Waals surface area contributed by atoms with Crippen LogP contribution in [0.5, 0.6) is 0 Å². The summed E-state index contributed by atoms with van der Waals surface area (Å²) in [6, 6.07) is 8.60. The molecule has 0 heterocycles. The molecule has 0 saturated heterocycles. The van der Waals surface area contributed by atoms with Crippen LogP contribution in [-0.4, -0.2) is 31.0 Å². The van der Waals surface area contributed by atoms with Gasteiger partial charge >= 0.3 is 5.97 Å². The van der Waals surface area contributed by atoms with Gasteiger partial charge in [-0.3, -0.25) is 4.79 Å². The maximum absolute atomic E-state index is 11.7. The first-order valence-electron chi connectivity index (χ1n) is 5.65. The first kappa shape index (κ1) is 13.6. The molecule has 19 heavy (non-hydrogen) atoms. The van der Waals surface area contributed by atoms with Gasteiger partial charge < -0.3 is 5.11 Å². The fourth-order valence-corrected chi connectivity index (χ4v) is 4.35. The van der Waals surface area contributed by atoms with Gasteiger partial charge in [-0.15, -0.1) is 0 Å². The van der Waals surface area contributed by atoms with Crippen LogP contribution in [0.15, 0.2) is 24.3 Å². The van der Waals surface area contributed by atoms with E-state index in [1.807, 2.05) is 6.92 Å². The molecule has 0 aromatic heterocycles. The zero-order valence-electron chi connectivity index (χ0n) is 10.5. The topological polar surface area (TPSA) is 95.2 Å². The summed E-state index contributed by atoms with van der Waals surface area (Å²) in [6.45, 7) is 1.87. The van der Waals surface area contributed by atoms with Crippen molar-refractivity contribution in [3.05, 3.63) is 35.4 Å². The van der Waals surface area contributed by atoms with Gasteiger partial charge in [0.15, 0.2) is 15.3 Å². The van der Waals surface area contributed by atoms with Gasteiger partial charge in [0.25, 0.3) is 0 Å². The summed E-state index contributed by atoms with van der Waals surface area (Å²) in [5.41, 5.74) is -0.300. The third-order valence-corrected chi connectivity index (χ3v) is 5.14. The average molecular weight is 279 g/mol. The van der Waals surface area contributed by atoms with E-state index in [-0.39, 0.29) is 0 Å². The Hall–Kier alpha value is -1.87. The maximum Gasteiger partial charge on any atom is 0.326 e. The second-order valence-electron chi connectivity index (χ2n) is 4.92. The maximum atomic E-state index is 11.7. The number of sulfone groups is 1. The van der Waals surface area contributed by atoms with E-state index in [4.69, 9.17) is 5.26 Å². The van der Waals surface area contributed by atoms with Gasteiger partial charge in [0.2, 0.25) is 0 Å². The molecular formula is C13H13NO4S. The fourth-order valence-electron chi connectivity index (χ4n) is 2.59. The normalized spacial score (nSPS) is 29.5. The number of rotatable bonds is 3. The zero-order chi connectivity index (χ0) is 14.4. The van der Waals surface area contributed by atoms with E-state index >= 15 is 0 Å². The monoisotopic (exact) mass is 279 g/mol. The fraction of sp³-hybridized carbons (Fsp3) is 0.385. The lowest BCUT2D eigenvalue weighted by molar-refractivity contribution is -0.141. The van der Waals surface area contributed by atoms with Crippen molar-refractivity contribution in [2.75, 3.05) is 6.26 Å². The number of carboxylic acid groups (broad SMARTS) is 1. The first-order chi connectivity index (χ1) is 8.75. The highest BCUT2D eigenvalue weighted by Gasteiger charge is 2.76. The molecule has 6 heteroatoms. The van der Waals surface area contributed by atoms with E-state index in [0.717, 1.165) is 11.8 Å². The van der Waals surface area contributed by atoms with Gasteiger partial charge in [-0.2, -0.15) is 5.26 Å². The molecule has 1 fully saturated rings. The number of nitriles is 1. The van der Waals surface area contributed by atoms with Gasteiger partial charge in [-0.1, -0.05) is 29.8 Å². The average Bonchev–Trinajstić information content (AvgIpc) is 3.00. The summed E-state index contributed by atoms with van der Waals surface area (Å²) < 4.78 is 23.4. The minimum atomic E-state index is -3.61. The molecule has 0 bridgehead atoms. The number of hydrogen-bond acceptors (Lipinski definition) is 4. The number of carboxylic acids is 1. The van der Waals surface area contributed by atoms with Crippen LogP contribution in [0.4, 0.5) is 0 Å². The van der Waals surface area contributed by atoms with Gasteiger partial charge in [0.1, 0.15) is 5.25 Å². The molecule has 1 N–H and O–H groups in total. The number of aryl methyl sites for hydroxylation is 1. The van der Waals surface area contributed by atoms with Crippen LogP contribution in [0.1, 0.15) is 17.0 Å². The summed E-state index contributed by atoms with van der Waals surface area (Å²) in [6.07, 6.45) is 0.973. The van der Waals surface area contributed by atoms with Gasteiger partial charge in [0, 0.05) is 12.2 Å². The quantitative estimate of drug-likeness (QED) is 0.893. The van der Waals surface area contributed by atoms with E-state index in [9.17, 15) is 18.3 Å². The van der Waals surface area contributed by atoms with Crippen molar-refractivity contribution in [2.45, 2.75) is 18.1 Å². The van der Waals surface area contributed by atoms with Crippen molar-refractivity contribution < 1.29 is 18.3 Å². The molecular weight excluding hydrogens is 266 g/mol. The number of carbonyl (C=O) groups is 1. The Morgan fingerprint density at radius 1 is 1.37 bits per heavy atom. The van der Waals surface area contributed by atoms with Crippen molar-refractivity contribution >= 4 is 15.8 Å². The standard InChI is InChI=1S/C13H13NO4S/c1-8-3-5-9(6-4-8)10-11(19(2,17)18)13(10,7-14)12(15)16/h3-6,10-11H,1-2H3,(H,15,16)/t10-,11-,13+/m1/s1. The molecule has 0 amide bonds. The lowest BCUT2D eigenvalue weighted by atomic mass is 10.00. The van der Waals surface area contributed by atoms with E-state index in [0.29, 0.717) is 5.56 Å². The summed E-state index contributed by atoms with van der Waals surface area (Å²) in [7, 11) is -3.61. The molecule has 1 aromatic rings. The number of hydrogen-bond donors (Lipinski definition) is 1. The largest absolute Gasteiger partial charge is 0.480 e. The third kappa shape index (κ3) is 1.90. The lowest BCUT2D eigenvalue weighted by Gasteiger charge is -2.02. The van der Waals surface area contributed by atoms with E-state index in [1.54, 1.807) is 30.3 Å². The van der Waals surface area contributed by atoms with Crippen LogP contribution in [0.3, 0.4) is 0 Å². The van der Waals surface area contributed by atoms with Gasteiger partial charge in [-0.25, -0.2) is 8.42 Å². The highest BCUT2D eigenvalue weighted by atomic mass is 32.2. The molecule has 0 unspecified atom stereocenters. The first-order valence-corrected chi connectivity index (χ1v) is 7.60. The second kappa shape index (κ2) is 4.07. The lowest BCUT2D eigenvalue weighted by Crippen LogP contribution is -2.21. The van der Waals surface area contributed by atoms with Crippen LogP contribution in [0.2, 0.25) is 0 Å². The van der Waals surface area contributed by atoms with Crippen molar-refractivity contribution in [2.24, 2.45) is 5.41 Å². The molecule has 1 aliphatic rings. The summed E-state index contributed by atoms with van der Waals surface area (Å²) >= 11 is 0. The minimum Gasteiger partial charge on any atom is -0.480 e. The molecule has 100 valence electrons. The SMILES string of the molecule is Cc1ccc([C@@H]2[C@@H](S(C)(=O)=O)[C@@]2(C#N)C(=O)O)cc1. The van der Waals surface area contributed by atoms with Crippen molar-refractivity contribution in [3.8, 4) is 6.07 Å². The summed E-state index contributed by atoms with van der Waals surface area (Å²) in [4.78, 5) is 11.3.